The first kappa shape index (κ1) is 10.7. The first-order chi connectivity index (χ1) is 8.66. The number of carbonyl (C=O) groups is 1. The Hall–Kier alpha value is -2.42. The number of benzene rings is 2. The van der Waals surface area contributed by atoms with Crippen LogP contribution in [0.15, 0.2) is 42.5 Å². The molecule has 2 aromatic carbocycles. The summed E-state index contributed by atoms with van der Waals surface area (Å²) in [6.45, 7) is 1.43. The number of rotatable bonds is 1. The van der Waals surface area contributed by atoms with Gasteiger partial charge in [-0.15, -0.1) is 0 Å². The molecule has 0 spiro atoms. The van der Waals surface area contributed by atoms with Gasteiger partial charge in [-0.25, -0.2) is 4.98 Å². The number of fused-ring (bicyclic) bond motifs is 2. The van der Waals surface area contributed by atoms with E-state index in [0.717, 1.165) is 16.3 Å². The van der Waals surface area contributed by atoms with E-state index in [4.69, 9.17) is 0 Å². The van der Waals surface area contributed by atoms with E-state index >= 15 is 0 Å². The van der Waals surface area contributed by atoms with Crippen molar-refractivity contribution in [2.24, 2.45) is 0 Å². The summed E-state index contributed by atoms with van der Waals surface area (Å²) in [6, 6.07) is 13.1. The van der Waals surface area contributed by atoms with Crippen molar-refractivity contribution in [2.75, 3.05) is 0 Å². The van der Waals surface area contributed by atoms with Crippen LogP contribution in [-0.4, -0.2) is 15.9 Å². The van der Waals surface area contributed by atoms with E-state index in [9.17, 15) is 9.90 Å². The molecule has 18 heavy (non-hydrogen) atoms. The van der Waals surface area contributed by atoms with Crippen molar-refractivity contribution in [3.8, 4) is 5.75 Å². The molecule has 0 radical (unpaired) electrons. The first-order valence-corrected chi connectivity index (χ1v) is 5.69. The van der Waals surface area contributed by atoms with Crippen molar-refractivity contribution in [3.05, 3.63) is 48.0 Å². The molecule has 0 fully saturated rings. The van der Waals surface area contributed by atoms with E-state index in [2.05, 4.69) is 4.98 Å². The molecule has 88 valence electrons. The Kier molecular flexibility index (Phi) is 2.27. The second kappa shape index (κ2) is 3.81. The minimum absolute atomic E-state index is 0.0363. The lowest BCUT2D eigenvalue weighted by Gasteiger charge is -2.06. The number of phenols is 1. The van der Waals surface area contributed by atoms with Crippen LogP contribution in [0.3, 0.4) is 0 Å². The second-order valence-electron chi connectivity index (χ2n) is 4.27. The SMILES string of the molecule is CC(=O)c1ccc2cc3ccccc3nc2c1O. The summed E-state index contributed by atoms with van der Waals surface area (Å²) < 4.78 is 0. The van der Waals surface area contributed by atoms with E-state index in [1.807, 2.05) is 36.4 Å². The van der Waals surface area contributed by atoms with Crippen LogP contribution in [-0.2, 0) is 0 Å². The number of phenolic OH excluding ortho intramolecular Hbond substituents is 1. The zero-order chi connectivity index (χ0) is 12.7. The summed E-state index contributed by atoms with van der Waals surface area (Å²) in [5.41, 5.74) is 1.59. The van der Waals surface area contributed by atoms with Crippen LogP contribution in [0, 0.1) is 0 Å². The van der Waals surface area contributed by atoms with Gasteiger partial charge in [-0.3, -0.25) is 4.79 Å². The number of nitrogens with zero attached hydrogens (tertiary/aromatic N) is 1. The number of hydrogen-bond acceptors (Lipinski definition) is 3. The zero-order valence-corrected chi connectivity index (χ0v) is 9.84. The molecule has 0 unspecified atom stereocenters. The smallest absolute Gasteiger partial charge is 0.163 e. The Labute approximate surface area is 104 Å². The third-order valence-corrected chi connectivity index (χ3v) is 3.04. The first-order valence-electron chi connectivity index (χ1n) is 5.69. The number of pyridine rings is 1. The fourth-order valence-corrected chi connectivity index (χ4v) is 2.11. The van der Waals surface area contributed by atoms with Crippen LogP contribution in [0.25, 0.3) is 21.8 Å². The number of aromatic hydroxyl groups is 1. The molecule has 1 heterocycles. The summed E-state index contributed by atoms with van der Waals surface area (Å²) in [5, 5.41) is 11.9. The maximum atomic E-state index is 11.4. The molecular formula is C15H11NO2. The minimum atomic E-state index is -0.163. The van der Waals surface area contributed by atoms with Crippen LogP contribution in [0.1, 0.15) is 17.3 Å². The van der Waals surface area contributed by atoms with Crippen LogP contribution in [0.2, 0.25) is 0 Å². The van der Waals surface area contributed by atoms with Crippen molar-refractivity contribution in [3.63, 3.8) is 0 Å². The lowest BCUT2D eigenvalue weighted by Crippen LogP contribution is -1.94. The topological polar surface area (TPSA) is 50.2 Å². The lowest BCUT2D eigenvalue weighted by atomic mass is 10.1. The minimum Gasteiger partial charge on any atom is -0.505 e. The molecule has 0 saturated carbocycles. The fourth-order valence-electron chi connectivity index (χ4n) is 2.11. The highest BCUT2D eigenvalue weighted by molar-refractivity contribution is 6.04. The molecule has 0 saturated heterocycles. The Morgan fingerprint density at radius 1 is 1.11 bits per heavy atom. The number of carbonyl (C=O) groups excluding carboxylic acids is 1. The molecular weight excluding hydrogens is 226 g/mol. The quantitative estimate of drug-likeness (QED) is 0.522. The fraction of sp³-hybridized carbons (Fsp3) is 0.0667. The van der Waals surface area contributed by atoms with E-state index in [-0.39, 0.29) is 11.5 Å². The maximum Gasteiger partial charge on any atom is 0.163 e. The number of aromatic nitrogens is 1. The number of para-hydroxylation sites is 1. The van der Waals surface area contributed by atoms with Crippen molar-refractivity contribution in [1.29, 1.82) is 0 Å². The predicted octanol–water partition coefficient (Wildman–Crippen LogP) is 3.30. The molecule has 0 aliphatic rings. The van der Waals surface area contributed by atoms with Gasteiger partial charge in [-0.05, 0) is 25.1 Å². The van der Waals surface area contributed by atoms with Gasteiger partial charge in [0.1, 0.15) is 5.52 Å². The van der Waals surface area contributed by atoms with Crippen LogP contribution >= 0.6 is 0 Å². The van der Waals surface area contributed by atoms with E-state index in [0.29, 0.717) is 11.1 Å². The summed E-state index contributed by atoms with van der Waals surface area (Å²) in [6.07, 6.45) is 0. The molecule has 3 nitrogen and oxygen atoms in total. The Bertz CT molecular complexity index is 778. The molecule has 3 heteroatoms. The lowest BCUT2D eigenvalue weighted by molar-refractivity contribution is 0.101. The molecule has 1 aromatic heterocycles. The number of ketones is 1. The Morgan fingerprint density at radius 2 is 1.89 bits per heavy atom. The molecule has 0 bridgehead atoms. The van der Waals surface area contributed by atoms with Crippen molar-refractivity contribution < 1.29 is 9.90 Å². The predicted molar refractivity (Wildman–Crippen MR) is 70.9 cm³/mol. The average Bonchev–Trinajstić information content (AvgIpc) is 2.37. The van der Waals surface area contributed by atoms with Crippen molar-refractivity contribution in [2.45, 2.75) is 6.92 Å². The number of hydrogen-bond donors (Lipinski definition) is 1. The van der Waals surface area contributed by atoms with Crippen LogP contribution in [0.5, 0.6) is 5.75 Å². The van der Waals surface area contributed by atoms with Gasteiger partial charge in [-0.1, -0.05) is 24.3 Å². The van der Waals surface area contributed by atoms with Gasteiger partial charge in [0.25, 0.3) is 0 Å². The van der Waals surface area contributed by atoms with Gasteiger partial charge in [0.2, 0.25) is 0 Å². The zero-order valence-electron chi connectivity index (χ0n) is 9.84. The molecule has 1 N–H and O–H groups in total. The monoisotopic (exact) mass is 237 g/mol. The third kappa shape index (κ3) is 1.52. The van der Waals surface area contributed by atoms with E-state index in [1.165, 1.54) is 6.92 Å². The second-order valence-corrected chi connectivity index (χ2v) is 4.27. The third-order valence-electron chi connectivity index (χ3n) is 3.04. The Morgan fingerprint density at radius 3 is 2.67 bits per heavy atom. The highest BCUT2D eigenvalue weighted by Crippen LogP contribution is 2.29. The highest BCUT2D eigenvalue weighted by Gasteiger charge is 2.11. The van der Waals surface area contributed by atoms with Gasteiger partial charge in [0.05, 0.1) is 11.1 Å². The molecule has 0 aliphatic carbocycles. The normalized spacial score (nSPS) is 10.9. The summed E-state index contributed by atoms with van der Waals surface area (Å²) in [5.74, 6) is -0.199. The van der Waals surface area contributed by atoms with Gasteiger partial charge >= 0.3 is 0 Å². The van der Waals surface area contributed by atoms with Gasteiger partial charge in [0, 0.05) is 10.8 Å². The molecule has 0 atom stereocenters. The summed E-state index contributed by atoms with van der Waals surface area (Å²) in [4.78, 5) is 15.8. The molecule has 0 aliphatic heterocycles. The summed E-state index contributed by atoms with van der Waals surface area (Å²) in [7, 11) is 0. The standard InChI is InChI=1S/C15H11NO2/c1-9(17)12-7-6-11-8-10-4-2-3-5-13(10)16-14(11)15(12)18/h2-8,18H,1H3. The van der Waals surface area contributed by atoms with Crippen LogP contribution in [0.4, 0.5) is 0 Å². The number of Topliss-reactive ketones (excluding diaryl/α,β-unsaturated/α-hetero) is 1. The average molecular weight is 237 g/mol. The molecule has 3 aromatic rings. The Balaban J connectivity index is 2.44. The van der Waals surface area contributed by atoms with Crippen LogP contribution < -0.4 is 0 Å². The van der Waals surface area contributed by atoms with Gasteiger partial charge < -0.3 is 5.11 Å². The molecule has 0 amide bonds. The largest absolute Gasteiger partial charge is 0.505 e. The van der Waals surface area contributed by atoms with Gasteiger partial charge in [0.15, 0.2) is 11.5 Å². The van der Waals surface area contributed by atoms with Crippen molar-refractivity contribution in [1.82, 2.24) is 4.98 Å². The molecule has 3 rings (SSSR count). The van der Waals surface area contributed by atoms with Crippen molar-refractivity contribution >= 4 is 27.6 Å². The highest BCUT2D eigenvalue weighted by atomic mass is 16.3. The van der Waals surface area contributed by atoms with Gasteiger partial charge in [-0.2, -0.15) is 0 Å². The maximum absolute atomic E-state index is 11.4. The van der Waals surface area contributed by atoms with E-state index < -0.39 is 0 Å². The van der Waals surface area contributed by atoms with E-state index in [1.54, 1.807) is 6.07 Å². The summed E-state index contributed by atoms with van der Waals surface area (Å²) >= 11 is 0.